The topological polar surface area (TPSA) is 72.6 Å². The minimum absolute atomic E-state index is 0.283. The highest BCUT2D eigenvalue weighted by molar-refractivity contribution is 6.14. The van der Waals surface area contributed by atoms with Gasteiger partial charge < -0.3 is 4.74 Å². The van der Waals surface area contributed by atoms with Gasteiger partial charge in [0.15, 0.2) is 0 Å². The van der Waals surface area contributed by atoms with Crippen LogP contribution in [0.5, 0.6) is 5.75 Å². The standard InChI is InChI=1S/C19H16N2O3/c1-24-15-9-4-8-14(12-15)18(22)21(20)19(23)17-11-5-7-13-6-2-3-10-16(13)17/h2-12H,20H2,1H3. The largest absolute Gasteiger partial charge is 0.497 e. The number of hydrogen-bond acceptors (Lipinski definition) is 4. The van der Waals surface area contributed by atoms with Gasteiger partial charge in [0, 0.05) is 11.1 Å². The van der Waals surface area contributed by atoms with E-state index in [0.29, 0.717) is 16.3 Å². The molecular formula is C19H16N2O3. The van der Waals surface area contributed by atoms with Gasteiger partial charge >= 0.3 is 0 Å². The molecule has 0 aliphatic rings. The summed E-state index contributed by atoms with van der Waals surface area (Å²) >= 11 is 0. The summed E-state index contributed by atoms with van der Waals surface area (Å²) in [6.45, 7) is 0. The van der Waals surface area contributed by atoms with E-state index in [-0.39, 0.29) is 5.56 Å². The third-order valence-electron chi connectivity index (χ3n) is 3.77. The first-order valence-corrected chi connectivity index (χ1v) is 7.37. The van der Waals surface area contributed by atoms with Gasteiger partial charge in [-0.1, -0.05) is 42.5 Å². The Morgan fingerprint density at radius 3 is 2.42 bits per heavy atom. The van der Waals surface area contributed by atoms with E-state index < -0.39 is 11.8 Å². The third-order valence-corrected chi connectivity index (χ3v) is 3.77. The zero-order valence-electron chi connectivity index (χ0n) is 13.1. The fourth-order valence-electron chi connectivity index (χ4n) is 2.53. The Kier molecular flexibility index (Phi) is 4.26. The van der Waals surface area contributed by atoms with E-state index in [0.717, 1.165) is 10.8 Å². The summed E-state index contributed by atoms with van der Waals surface area (Å²) in [4.78, 5) is 25.2. The smallest absolute Gasteiger partial charge is 0.275 e. The summed E-state index contributed by atoms with van der Waals surface area (Å²) in [5, 5.41) is 2.29. The molecule has 0 aliphatic carbocycles. The second kappa shape index (κ2) is 6.52. The highest BCUT2D eigenvalue weighted by Crippen LogP contribution is 2.20. The average molecular weight is 320 g/mol. The van der Waals surface area contributed by atoms with Crippen LogP contribution in [0.4, 0.5) is 0 Å². The molecule has 0 fully saturated rings. The Balaban J connectivity index is 1.95. The van der Waals surface area contributed by atoms with Crippen molar-refractivity contribution in [3.8, 4) is 5.75 Å². The van der Waals surface area contributed by atoms with Gasteiger partial charge in [-0.3, -0.25) is 9.59 Å². The van der Waals surface area contributed by atoms with Crippen LogP contribution in [-0.2, 0) is 0 Å². The van der Waals surface area contributed by atoms with E-state index in [9.17, 15) is 9.59 Å². The SMILES string of the molecule is COc1cccc(C(=O)N(N)C(=O)c2cccc3ccccc23)c1. The second-order valence-electron chi connectivity index (χ2n) is 5.24. The molecule has 0 aromatic heterocycles. The third kappa shape index (κ3) is 2.85. The molecule has 0 saturated carbocycles. The summed E-state index contributed by atoms with van der Waals surface area (Å²) in [7, 11) is 1.51. The van der Waals surface area contributed by atoms with Crippen molar-refractivity contribution < 1.29 is 14.3 Å². The summed E-state index contributed by atoms with van der Waals surface area (Å²) in [6.07, 6.45) is 0. The number of nitrogens with zero attached hydrogens (tertiary/aromatic N) is 1. The molecule has 0 unspecified atom stereocenters. The van der Waals surface area contributed by atoms with Crippen molar-refractivity contribution in [2.45, 2.75) is 0 Å². The predicted octanol–water partition coefficient (Wildman–Crippen LogP) is 3.00. The van der Waals surface area contributed by atoms with E-state index in [1.165, 1.54) is 7.11 Å². The Morgan fingerprint density at radius 1 is 0.917 bits per heavy atom. The van der Waals surface area contributed by atoms with Crippen LogP contribution in [0.1, 0.15) is 20.7 Å². The number of hydrogen-bond donors (Lipinski definition) is 1. The van der Waals surface area contributed by atoms with E-state index in [2.05, 4.69) is 0 Å². The molecule has 0 saturated heterocycles. The molecule has 2 N–H and O–H groups in total. The second-order valence-corrected chi connectivity index (χ2v) is 5.24. The normalized spacial score (nSPS) is 10.4. The van der Waals surface area contributed by atoms with E-state index >= 15 is 0 Å². The Hall–Kier alpha value is -3.18. The van der Waals surface area contributed by atoms with Gasteiger partial charge in [0.2, 0.25) is 0 Å². The number of imide groups is 1. The predicted molar refractivity (Wildman–Crippen MR) is 91.6 cm³/mol. The quantitative estimate of drug-likeness (QED) is 0.348. The summed E-state index contributed by atoms with van der Waals surface area (Å²) < 4.78 is 5.09. The number of hydrazine groups is 1. The molecule has 3 rings (SSSR count). The van der Waals surface area contributed by atoms with Crippen LogP contribution in [0.15, 0.2) is 66.7 Å². The fraction of sp³-hybridized carbons (Fsp3) is 0.0526. The molecular weight excluding hydrogens is 304 g/mol. The number of benzene rings is 3. The molecule has 0 atom stereocenters. The molecule has 5 heteroatoms. The lowest BCUT2D eigenvalue weighted by atomic mass is 10.0. The Morgan fingerprint density at radius 2 is 1.62 bits per heavy atom. The molecule has 5 nitrogen and oxygen atoms in total. The Labute approximate surface area is 139 Å². The maximum absolute atomic E-state index is 12.7. The first-order chi connectivity index (χ1) is 11.6. The number of carbonyl (C=O) groups is 2. The molecule has 0 spiro atoms. The van der Waals surface area contributed by atoms with Crippen molar-refractivity contribution in [1.82, 2.24) is 5.01 Å². The van der Waals surface area contributed by atoms with Gasteiger partial charge in [0.25, 0.3) is 11.8 Å². The maximum atomic E-state index is 12.7. The van der Waals surface area contributed by atoms with Gasteiger partial charge in [-0.05, 0) is 35.0 Å². The highest BCUT2D eigenvalue weighted by Gasteiger charge is 2.22. The van der Waals surface area contributed by atoms with Crippen molar-refractivity contribution in [3.63, 3.8) is 0 Å². The number of methoxy groups -OCH3 is 1. The van der Waals surface area contributed by atoms with Crippen LogP contribution < -0.4 is 10.6 Å². The van der Waals surface area contributed by atoms with Crippen molar-refractivity contribution >= 4 is 22.6 Å². The molecule has 24 heavy (non-hydrogen) atoms. The summed E-state index contributed by atoms with van der Waals surface area (Å²) in [5.74, 6) is 5.17. The number of nitrogens with two attached hydrogens (primary N) is 1. The molecule has 3 aromatic carbocycles. The molecule has 0 bridgehead atoms. The van der Waals surface area contributed by atoms with Crippen molar-refractivity contribution in [2.75, 3.05) is 7.11 Å². The van der Waals surface area contributed by atoms with Crippen LogP contribution in [0.3, 0.4) is 0 Å². The zero-order chi connectivity index (χ0) is 17.1. The number of fused-ring (bicyclic) bond motifs is 1. The van der Waals surface area contributed by atoms with Gasteiger partial charge in [0.1, 0.15) is 5.75 Å². The van der Waals surface area contributed by atoms with Crippen LogP contribution in [0.25, 0.3) is 10.8 Å². The lowest BCUT2D eigenvalue weighted by Crippen LogP contribution is -2.42. The van der Waals surface area contributed by atoms with Crippen molar-refractivity contribution in [2.24, 2.45) is 5.84 Å². The molecule has 3 aromatic rings. The highest BCUT2D eigenvalue weighted by atomic mass is 16.5. The van der Waals surface area contributed by atoms with Gasteiger partial charge in [-0.2, -0.15) is 0 Å². The lowest BCUT2D eigenvalue weighted by molar-refractivity contribution is 0.0616. The molecule has 0 radical (unpaired) electrons. The number of carbonyl (C=O) groups excluding carboxylic acids is 2. The van der Waals surface area contributed by atoms with Gasteiger partial charge in [-0.15, -0.1) is 0 Å². The molecule has 120 valence electrons. The van der Waals surface area contributed by atoms with E-state index in [1.807, 2.05) is 30.3 Å². The molecule has 2 amide bonds. The fourth-order valence-corrected chi connectivity index (χ4v) is 2.53. The number of ether oxygens (including phenoxy) is 1. The Bertz CT molecular complexity index is 916. The average Bonchev–Trinajstić information content (AvgIpc) is 2.65. The first kappa shape index (κ1) is 15.7. The van der Waals surface area contributed by atoms with Crippen molar-refractivity contribution in [3.05, 3.63) is 77.9 Å². The number of amides is 2. The van der Waals surface area contributed by atoms with Crippen LogP contribution in [0.2, 0.25) is 0 Å². The van der Waals surface area contributed by atoms with Gasteiger partial charge in [0.05, 0.1) is 7.11 Å². The van der Waals surface area contributed by atoms with Crippen LogP contribution >= 0.6 is 0 Å². The minimum Gasteiger partial charge on any atom is -0.497 e. The first-order valence-electron chi connectivity index (χ1n) is 7.37. The van der Waals surface area contributed by atoms with Gasteiger partial charge in [-0.25, -0.2) is 10.9 Å². The van der Waals surface area contributed by atoms with Crippen LogP contribution in [0, 0.1) is 0 Å². The van der Waals surface area contributed by atoms with E-state index in [4.69, 9.17) is 10.6 Å². The van der Waals surface area contributed by atoms with Crippen LogP contribution in [-0.4, -0.2) is 23.9 Å². The lowest BCUT2D eigenvalue weighted by Gasteiger charge is -2.16. The van der Waals surface area contributed by atoms with Crippen molar-refractivity contribution in [1.29, 1.82) is 0 Å². The maximum Gasteiger partial charge on any atom is 0.275 e. The molecule has 0 aliphatic heterocycles. The number of rotatable bonds is 3. The monoisotopic (exact) mass is 320 g/mol. The molecule has 0 heterocycles. The minimum atomic E-state index is -0.591. The summed E-state index contributed by atoms with van der Waals surface area (Å²) in [6, 6.07) is 19.3. The zero-order valence-corrected chi connectivity index (χ0v) is 13.1. The summed E-state index contributed by atoms with van der Waals surface area (Å²) in [5.41, 5.74) is 0.664. The van der Waals surface area contributed by atoms with E-state index in [1.54, 1.807) is 36.4 Å².